The molecule has 1 spiro atoms. The predicted molar refractivity (Wildman–Crippen MR) is 105 cm³/mol. The molecule has 144 valence electrons. The molecule has 0 radical (unpaired) electrons. The lowest BCUT2D eigenvalue weighted by atomic mass is 9.76. The van der Waals surface area contributed by atoms with Crippen LogP contribution >= 0.6 is 11.8 Å². The van der Waals surface area contributed by atoms with Gasteiger partial charge in [0.05, 0.1) is 11.8 Å². The van der Waals surface area contributed by atoms with Gasteiger partial charge in [-0.2, -0.15) is 11.8 Å². The Labute approximate surface area is 163 Å². The van der Waals surface area contributed by atoms with Gasteiger partial charge < -0.3 is 5.32 Å². The van der Waals surface area contributed by atoms with Gasteiger partial charge in [0.2, 0.25) is 17.7 Å². The average molecular weight is 388 g/mol. The van der Waals surface area contributed by atoms with Crippen LogP contribution in [0.4, 0.5) is 5.69 Å². The third-order valence-electron chi connectivity index (χ3n) is 6.32. The number of rotatable bonds is 5. The fraction of sp³-hybridized carbons (Fsp3) is 0.550. The number of thioether (sulfide) groups is 1. The molecule has 0 saturated carbocycles. The summed E-state index contributed by atoms with van der Waals surface area (Å²) in [6.45, 7) is 3.87. The zero-order chi connectivity index (χ0) is 19.3. The van der Waals surface area contributed by atoms with Crippen LogP contribution in [-0.4, -0.2) is 46.7 Å². The Morgan fingerprint density at radius 3 is 2.67 bits per heavy atom. The van der Waals surface area contributed by atoms with Gasteiger partial charge in [-0.05, 0) is 37.8 Å². The van der Waals surface area contributed by atoms with Gasteiger partial charge >= 0.3 is 0 Å². The normalized spacial score (nSPS) is 32.8. The van der Waals surface area contributed by atoms with E-state index in [2.05, 4.69) is 10.6 Å². The minimum Gasteiger partial charge on any atom is -0.324 e. The molecule has 2 saturated heterocycles. The molecule has 2 fully saturated rings. The van der Waals surface area contributed by atoms with E-state index in [1.54, 1.807) is 11.8 Å². The van der Waals surface area contributed by atoms with Crippen LogP contribution < -0.4 is 10.6 Å². The molecule has 0 aliphatic carbocycles. The molecule has 3 aliphatic rings. The third kappa shape index (κ3) is 2.41. The van der Waals surface area contributed by atoms with Gasteiger partial charge in [-0.25, -0.2) is 0 Å². The van der Waals surface area contributed by atoms with Crippen LogP contribution in [0.15, 0.2) is 24.3 Å². The molecule has 0 unspecified atom stereocenters. The van der Waals surface area contributed by atoms with Crippen molar-refractivity contribution in [3.8, 4) is 0 Å². The number of hydrogen-bond acceptors (Lipinski definition) is 5. The lowest BCUT2D eigenvalue weighted by Crippen LogP contribution is -2.54. The van der Waals surface area contributed by atoms with Crippen LogP contribution in [0, 0.1) is 11.8 Å². The van der Waals surface area contributed by atoms with Crippen molar-refractivity contribution in [1.29, 1.82) is 0 Å². The first-order valence-corrected chi connectivity index (χ1v) is 10.9. The molecule has 6 nitrogen and oxygen atoms in total. The number of anilines is 1. The topological polar surface area (TPSA) is 78.5 Å². The van der Waals surface area contributed by atoms with Crippen LogP contribution in [-0.2, 0) is 19.9 Å². The molecular formula is C20H25N3O3S. The number of carbonyl (C=O) groups excluding carboxylic acids is 3. The Morgan fingerprint density at radius 1 is 1.22 bits per heavy atom. The number of hydrogen-bond donors (Lipinski definition) is 2. The predicted octanol–water partition coefficient (Wildman–Crippen LogP) is 1.96. The second kappa shape index (κ2) is 6.63. The molecule has 3 heterocycles. The molecule has 2 N–H and O–H groups in total. The number of likely N-dealkylation sites (tertiary alicyclic amines) is 1. The number of carbonyl (C=O) groups is 3. The van der Waals surface area contributed by atoms with Gasteiger partial charge in [0, 0.05) is 23.3 Å². The number of benzene rings is 1. The van der Waals surface area contributed by atoms with Gasteiger partial charge in [0.25, 0.3) is 0 Å². The van der Waals surface area contributed by atoms with Crippen molar-refractivity contribution in [2.75, 3.05) is 17.3 Å². The van der Waals surface area contributed by atoms with Crippen molar-refractivity contribution in [3.05, 3.63) is 29.8 Å². The smallest absolute Gasteiger partial charge is 0.250 e. The zero-order valence-corrected chi connectivity index (χ0v) is 16.6. The highest BCUT2D eigenvalue weighted by Crippen LogP contribution is 2.53. The first-order chi connectivity index (χ1) is 13.0. The van der Waals surface area contributed by atoms with Crippen molar-refractivity contribution in [1.82, 2.24) is 10.2 Å². The van der Waals surface area contributed by atoms with E-state index in [0.29, 0.717) is 6.42 Å². The second-order valence-corrected chi connectivity index (χ2v) is 8.63. The van der Waals surface area contributed by atoms with E-state index >= 15 is 0 Å². The van der Waals surface area contributed by atoms with Crippen molar-refractivity contribution in [3.63, 3.8) is 0 Å². The highest BCUT2D eigenvalue weighted by atomic mass is 32.2. The highest BCUT2D eigenvalue weighted by molar-refractivity contribution is 7.98. The van der Waals surface area contributed by atoms with Crippen LogP contribution in [0.1, 0.15) is 32.3 Å². The Morgan fingerprint density at radius 2 is 1.96 bits per heavy atom. The summed E-state index contributed by atoms with van der Waals surface area (Å²) in [6, 6.07) is 7.13. The lowest BCUT2D eigenvalue weighted by Gasteiger charge is -2.31. The summed E-state index contributed by atoms with van der Waals surface area (Å²) in [5.41, 5.74) is 0.351. The maximum atomic E-state index is 13.4. The highest BCUT2D eigenvalue weighted by Gasteiger charge is 2.70. The van der Waals surface area contributed by atoms with E-state index in [1.165, 1.54) is 4.90 Å². The number of nitrogens with zero attached hydrogens (tertiary/aromatic N) is 1. The van der Waals surface area contributed by atoms with Crippen LogP contribution in [0.25, 0.3) is 0 Å². The van der Waals surface area contributed by atoms with E-state index in [0.717, 1.165) is 23.4 Å². The summed E-state index contributed by atoms with van der Waals surface area (Å²) in [4.78, 5) is 41.2. The van der Waals surface area contributed by atoms with Gasteiger partial charge in [0.1, 0.15) is 5.54 Å². The Balaban J connectivity index is 1.84. The fourth-order valence-corrected chi connectivity index (χ4v) is 5.38. The summed E-state index contributed by atoms with van der Waals surface area (Å²) in [7, 11) is 0. The van der Waals surface area contributed by atoms with Crippen LogP contribution in [0.2, 0.25) is 0 Å². The molecule has 3 aliphatic heterocycles. The maximum Gasteiger partial charge on any atom is 0.250 e. The van der Waals surface area contributed by atoms with Crippen LogP contribution in [0.3, 0.4) is 0 Å². The summed E-state index contributed by atoms with van der Waals surface area (Å²) in [6.07, 6.45) is 3.47. The number of nitrogens with one attached hydrogen (secondary N) is 2. The molecule has 27 heavy (non-hydrogen) atoms. The van der Waals surface area contributed by atoms with Crippen molar-refractivity contribution < 1.29 is 14.4 Å². The first kappa shape index (κ1) is 18.5. The molecule has 0 aromatic heterocycles. The largest absolute Gasteiger partial charge is 0.324 e. The fourth-order valence-electron chi connectivity index (χ4n) is 4.89. The monoisotopic (exact) mass is 387 g/mol. The lowest BCUT2D eigenvalue weighted by molar-refractivity contribution is -0.145. The van der Waals surface area contributed by atoms with E-state index in [9.17, 15) is 14.4 Å². The van der Waals surface area contributed by atoms with Gasteiger partial charge in [-0.15, -0.1) is 0 Å². The minimum atomic E-state index is -1.15. The third-order valence-corrected chi connectivity index (χ3v) is 6.97. The summed E-state index contributed by atoms with van der Waals surface area (Å²) in [5.74, 6) is -0.884. The summed E-state index contributed by atoms with van der Waals surface area (Å²) >= 11 is 1.70. The zero-order valence-electron chi connectivity index (χ0n) is 15.8. The molecule has 5 atom stereocenters. The molecule has 3 amide bonds. The number of amides is 3. The standard InChI is InChI=1S/C20H25N3O3S/c1-4-11(2)23-17(24)15-14(9-10-27-3)22-20(16(15)18(23)25)12-7-5-6-8-13(12)21-19(20)26/h5-8,11,14-16,22H,4,9-10H2,1-3H3,(H,21,26)/t11-,14+,15-,16+,20-/m1/s1. The molecular weight excluding hydrogens is 362 g/mol. The first-order valence-electron chi connectivity index (χ1n) is 9.51. The Bertz CT molecular complexity index is 813. The number of para-hydroxylation sites is 1. The quantitative estimate of drug-likeness (QED) is 0.755. The molecule has 0 bridgehead atoms. The van der Waals surface area contributed by atoms with Crippen LogP contribution in [0.5, 0.6) is 0 Å². The Hall–Kier alpha value is -1.86. The van der Waals surface area contributed by atoms with Crippen molar-refractivity contribution in [2.45, 2.75) is 44.3 Å². The van der Waals surface area contributed by atoms with E-state index in [-0.39, 0.29) is 29.8 Å². The maximum absolute atomic E-state index is 13.4. The Kier molecular flexibility index (Phi) is 4.55. The number of imide groups is 1. The SMILES string of the molecule is CC[C@@H](C)N1C(=O)[C@@H]2[C@H](CCSC)N[C@@]3(C(=O)Nc4ccccc43)[C@@H]2C1=O. The van der Waals surface area contributed by atoms with Gasteiger partial charge in [-0.3, -0.25) is 24.6 Å². The van der Waals surface area contributed by atoms with Gasteiger partial charge in [-0.1, -0.05) is 25.1 Å². The molecule has 1 aromatic carbocycles. The van der Waals surface area contributed by atoms with E-state index in [1.807, 2.05) is 44.4 Å². The van der Waals surface area contributed by atoms with E-state index in [4.69, 9.17) is 0 Å². The minimum absolute atomic E-state index is 0.132. The molecule has 7 heteroatoms. The summed E-state index contributed by atoms with van der Waals surface area (Å²) in [5, 5.41) is 6.38. The second-order valence-electron chi connectivity index (χ2n) is 7.65. The molecule has 4 rings (SSSR count). The van der Waals surface area contributed by atoms with Crippen molar-refractivity contribution >= 4 is 35.2 Å². The molecule has 1 aromatic rings. The summed E-state index contributed by atoms with van der Waals surface area (Å²) < 4.78 is 0. The van der Waals surface area contributed by atoms with Crippen molar-refractivity contribution in [2.24, 2.45) is 11.8 Å². The average Bonchev–Trinajstić information content (AvgIpc) is 3.24. The number of fused-ring (bicyclic) bond motifs is 4. The van der Waals surface area contributed by atoms with E-state index < -0.39 is 17.4 Å². The van der Waals surface area contributed by atoms with Gasteiger partial charge in [0.15, 0.2) is 0 Å².